The highest BCUT2D eigenvalue weighted by Crippen LogP contribution is 2.33. The van der Waals surface area contributed by atoms with E-state index in [0.29, 0.717) is 5.69 Å². The normalized spacial score (nSPS) is 12.4. The molecule has 1 atom stereocenters. The second-order valence-electron chi connectivity index (χ2n) is 4.03. The molecule has 5 heteroatoms. The number of thiazole rings is 1. The molecule has 0 radical (unpaired) electrons. The molecule has 1 aromatic carbocycles. The summed E-state index contributed by atoms with van der Waals surface area (Å²) in [6, 6.07) is 5.94. The van der Waals surface area contributed by atoms with Gasteiger partial charge in [-0.3, -0.25) is 0 Å². The van der Waals surface area contributed by atoms with Gasteiger partial charge >= 0.3 is 0 Å². The van der Waals surface area contributed by atoms with Crippen molar-refractivity contribution in [2.45, 2.75) is 13.0 Å². The van der Waals surface area contributed by atoms with Gasteiger partial charge in [0.1, 0.15) is 16.9 Å². The van der Waals surface area contributed by atoms with Crippen molar-refractivity contribution in [3.63, 3.8) is 0 Å². The molecule has 4 nitrogen and oxygen atoms in total. The van der Waals surface area contributed by atoms with Gasteiger partial charge in [-0.25, -0.2) is 4.98 Å². The summed E-state index contributed by atoms with van der Waals surface area (Å²) >= 11 is 1.48. The molecule has 18 heavy (non-hydrogen) atoms. The van der Waals surface area contributed by atoms with E-state index in [1.165, 1.54) is 11.3 Å². The smallest absolute Gasteiger partial charge is 0.129 e. The van der Waals surface area contributed by atoms with Gasteiger partial charge in [0, 0.05) is 11.9 Å². The van der Waals surface area contributed by atoms with Crippen molar-refractivity contribution in [3.8, 4) is 16.3 Å². The number of nitrogens with zero attached hydrogens (tertiary/aromatic N) is 1. The molecule has 0 bridgehead atoms. The van der Waals surface area contributed by atoms with Crippen LogP contribution in [0.25, 0.3) is 10.6 Å². The summed E-state index contributed by atoms with van der Waals surface area (Å²) in [6.07, 6.45) is -0.703. The summed E-state index contributed by atoms with van der Waals surface area (Å²) in [4.78, 5) is 4.41. The number of rotatable bonds is 4. The minimum absolute atomic E-state index is 0.175. The standard InChI is InChI=1S/C13H16N2O2S/c1-8-3-4-12(17-2)9(5-8)13-15-10(7-18-13)11(16)6-14/h3-5,7,11,16H,6,14H2,1-2H3. The van der Waals surface area contributed by atoms with Crippen LogP contribution in [0.1, 0.15) is 17.4 Å². The van der Waals surface area contributed by atoms with Gasteiger partial charge in [0.25, 0.3) is 0 Å². The highest BCUT2D eigenvalue weighted by Gasteiger charge is 2.14. The van der Waals surface area contributed by atoms with Gasteiger partial charge < -0.3 is 15.6 Å². The zero-order valence-electron chi connectivity index (χ0n) is 10.4. The Morgan fingerprint density at radius 2 is 2.28 bits per heavy atom. The molecule has 0 aliphatic heterocycles. The van der Waals surface area contributed by atoms with Crippen molar-refractivity contribution in [3.05, 3.63) is 34.8 Å². The Hall–Kier alpha value is -1.43. The SMILES string of the molecule is COc1ccc(C)cc1-c1nc(C(O)CN)cs1. The van der Waals surface area contributed by atoms with Crippen molar-refractivity contribution >= 4 is 11.3 Å². The van der Waals surface area contributed by atoms with E-state index in [0.717, 1.165) is 21.9 Å². The van der Waals surface area contributed by atoms with E-state index in [1.807, 2.05) is 30.5 Å². The third kappa shape index (κ3) is 2.53. The van der Waals surface area contributed by atoms with Crippen LogP contribution >= 0.6 is 11.3 Å². The van der Waals surface area contributed by atoms with Gasteiger partial charge in [0.15, 0.2) is 0 Å². The lowest BCUT2D eigenvalue weighted by Gasteiger charge is -2.07. The van der Waals surface area contributed by atoms with Crippen LogP contribution < -0.4 is 10.5 Å². The number of ether oxygens (including phenoxy) is 1. The van der Waals surface area contributed by atoms with Crippen LogP contribution in [0, 0.1) is 6.92 Å². The molecule has 3 N–H and O–H groups in total. The minimum Gasteiger partial charge on any atom is -0.496 e. The van der Waals surface area contributed by atoms with E-state index < -0.39 is 6.10 Å². The zero-order chi connectivity index (χ0) is 13.1. The average Bonchev–Trinajstić information content (AvgIpc) is 2.87. The van der Waals surface area contributed by atoms with Crippen LogP contribution in [0.2, 0.25) is 0 Å². The zero-order valence-corrected chi connectivity index (χ0v) is 11.2. The summed E-state index contributed by atoms with van der Waals surface area (Å²) in [5.41, 5.74) is 8.12. The number of aryl methyl sites for hydroxylation is 1. The van der Waals surface area contributed by atoms with Gasteiger partial charge in [-0.1, -0.05) is 11.6 Å². The minimum atomic E-state index is -0.703. The van der Waals surface area contributed by atoms with Crippen molar-refractivity contribution < 1.29 is 9.84 Å². The maximum absolute atomic E-state index is 9.66. The van der Waals surface area contributed by atoms with Gasteiger partial charge in [-0.05, 0) is 19.1 Å². The van der Waals surface area contributed by atoms with Gasteiger partial charge in [0.2, 0.25) is 0 Å². The van der Waals surface area contributed by atoms with Gasteiger partial charge in [-0.15, -0.1) is 11.3 Å². The summed E-state index contributed by atoms with van der Waals surface area (Å²) in [5, 5.41) is 12.3. The topological polar surface area (TPSA) is 68.4 Å². The Balaban J connectivity index is 2.42. The maximum atomic E-state index is 9.66. The molecule has 1 unspecified atom stereocenters. The molecule has 0 aliphatic carbocycles. The van der Waals surface area contributed by atoms with Gasteiger partial charge in [-0.2, -0.15) is 0 Å². The fraction of sp³-hybridized carbons (Fsp3) is 0.308. The molecule has 1 aromatic heterocycles. The number of methoxy groups -OCH3 is 1. The van der Waals surface area contributed by atoms with Crippen molar-refractivity contribution in [1.29, 1.82) is 0 Å². The number of aliphatic hydroxyl groups excluding tert-OH is 1. The molecule has 96 valence electrons. The second-order valence-corrected chi connectivity index (χ2v) is 4.89. The lowest BCUT2D eigenvalue weighted by Crippen LogP contribution is -2.11. The fourth-order valence-electron chi connectivity index (χ4n) is 1.67. The molecule has 1 heterocycles. The number of nitrogens with two attached hydrogens (primary N) is 1. The van der Waals surface area contributed by atoms with E-state index >= 15 is 0 Å². The van der Waals surface area contributed by atoms with E-state index in [-0.39, 0.29) is 6.54 Å². The molecule has 0 saturated heterocycles. The lowest BCUT2D eigenvalue weighted by molar-refractivity contribution is 0.182. The first-order chi connectivity index (χ1) is 8.65. The van der Waals surface area contributed by atoms with Crippen LogP contribution in [0.3, 0.4) is 0 Å². The molecule has 0 amide bonds. The summed E-state index contributed by atoms with van der Waals surface area (Å²) < 4.78 is 5.33. The fourth-order valence-corrected chi connectivity index (χ4v) is 2.56. The van der Waals surface area contributed by atoms with Crippen molar-refractivity contribution in [2.75, 3.05) is 13.7 Å². The van der Waals surface area contributed by atoms with Crippen LogP contribution in [0.4, 0.5) is 0 Å². The molecule has 2 rings (SSSR count). The quantitative estimate of drug-likeness (QED) is 0.887. The Labute approximate surface area is 110 Å². The van der Waals surface area contributed by atoms with Crippen molar-refractivity contribution in [1.82, 2.24) is 4.98 Å². The van der Waals surface area contributed by atoms with E-state index in [2.05, 4.69) is 4.98 Å². The van der Waals surface area contributed by atoms with E-state index in [4.69, 9.17) is 10.5 Å². The summed E-state index contributed by atoms with van der Waals surface area (Å²) in [5.74, 6) is 0.781. The summed E-state index contributed by atoms with van der Waals surface area (Å²) in [6.45, 7) is 2.19. The molecule has 0 aliphatic rings. The monoisotopic (exact) mass is 264 g/mol. The number of benzene rings is 1. The molecular formula is C13H16N2O2S. The van der Waals surface area contributed by atoms with Crippen LogP contribution in [0.5, 0.6) is 5.75 Å². The molecule has 0 spiro atoms. The van der Waals surface area contributed by atoms with E-state index in [1.54, 1.807) is 7.11 Å². The van der Waals surface area contributed by atoms with Crippen molar-refractivity contribution in [2.24, 2.45) is 5.73 Å². The van der Waals surface area contributed by atoms with Crippen LogP contribution in [0.15, 0.2) is 23.6 Å². The van der Waals surface area contributed by atoms with Crippen LogP contribution in [-0.2, 0) is 0 Å². The third-order valence-electron chi connectivity index (χ3n) is 2.67. The first kappa shape index (κ1) is 13.0. The lowest BCUT2D eigenvalue weighted by atomic mass is 10.1. The first-order valence-electron chi connectivity index (χ1n) is 5.64. The highest BCUT2D eigenvalue weighted by atomic mass is 32.1. The number of hydrogen-bond acceptors (Lipinski definition) is 5. The molecular weight excluding hydrogens is 248 g/mol. The predicted molar refractivity (Wildman–Crippen MR) is 72.9 cm³/mol. The molecule has 0 fully saturated rings. The maximum Gasteiger partial charge on any atom is 0.129 e. The second kappa shape index (κ2) is 5.48. The Bertz CT molecular complexity index is 540. The predicted octanol–water partition coefficient (Wildman–Crippen LogP) is 2.12. The Morgan fingerprint density at radius 1 is 1.50 bits per heavy atom. The number of aliphatic hydroxyl groups is 1. The molecule has 2 aromatic rings. The Kier molecular flexibility index (Phi) is 3.96. The largest absolute Gasteiger partial charge is 0.496 e. The average molecular weight is 264 g/mol. The van der Waals surface area contributed by atoms with Crippen LogP contribution in [-0.4, -0.2) is 23.7 Å². The number of hydrogen-bond donors (Lipinski definition) is 2. The third-order valence-corrected chi connectivity index (χ3v) is 3.57. The summed E-state index contributed by atoms with van der Waals surface area (Å²) in [7, 11) is 1.64. The Morgan fingerprint density at radius 3 is 2.94 bits per heavy atom. The number of aromatic nitrogens is 1. The van der Waals surface area contributed by atoms with Gasteiger partial charge in [0.05, 0.1) is 18.4 Å². The highest BCUT2D eigenvalue weighted by molar-refractivity contribution is 7.13. The van der Waals surface area contributed by atoms with E-state index in [9.17, 15) is 5.11 Å². The first-order valence-corrected chi connectivity index (χ1v) is 6.52. The molecule has 0 saturated carbocycles.